The van der Waals surface area contributed by atoms with Crippen molar-refractivity contribution in [3.8, 4) is 0 Å². The highest BCUT2D eigenvalue weighted by Gasteiger charge is 2.24. The highest BCUT2D eigenvalue weighted by Crippen LogP contribution is 2.23. The molecule has 1 N–H and O–H groups in total. The largest absolute Gasteiger partial charge is 0.349 e. The summed E-state index contributed by atoms with van der Waals surface area (Å²) in [5.41, 5.74) is 0.338. The number of amides is 1. The molecule has 0 saturated carbocycles. The summed E-state index contributed by atoms with van der Waals surface area (Å²) in [7, 11) is -3.58. The van der Waals surface area contributed by atoms with Gasteiger partial charge in [0.25, 0.3) is 5.91 Å². The zero-order chi connectivity index (χ0) is 17.6. The Kier molecular flexibility index (Phi) is 7.70. The van der Waals surface area contributed by atoms with Gasteiger partial charge in [-0.3, -0.25) is 4.79 Å². The zero-order valence-electron chi connectivity index (χ0n) is 14.1. The third-order valence-corrected chi connectivity index (χ3v) is 6.58. The van der Waals surface area contributed by atoms with E-state index < -0.39 is 10.0 Å². The van der Waals surface area contributed by atoms with Crippen LogP contribution in [0.25, 0.3) is 0 Å². The van der Waals surface area contributed by atoms with E-state index in [0.29, 0.717) is 23.1 Å². The van der Waals surface area contributed by atoms with Gasteiger partial charge >= 0.3 is 0 Å². The predicted octanol–water partition coefficient (Wildman–Crippen LogP) is 3.40. The first kappa shape index (κ1) is 20.1. The number of sulfonamides is 1. The van der Waals surface area contributed by atoms with E-state index in [0.717, 1.165) is 12.8 Å². The molecular formula is C16H25BrN2O3S. The van der Waals surface area contributed by atoms with E-state index in [1.54, 1.807) is 19.9 Å². The molecule has 5 nitrogen and oxygen atoms in total. The molecule has 1 rings (SSSR count). The molecule has 7 heteroatoms. The minimum absolute atomic E-state index is 0.0810. The van der Waals surface area contributed by atoms with Crippen LogP contribution in [0.2, 0.25) is 0 Å². The Labute approximate surface area is 147 Å². The predicted molar refractivity (Wildman–Crippen MR) is 96.1 cm³/mol. The van der Waals surface area contributed by atoms with Crippen LogP contribution in [0.3, 0.4) is 0 Å². The molecule has 0 aliphatic heterocycles. The maximum absolute atomic E-state index is 12.6. The number of halogens is 1. The average molecular weight is 405 g/mol. The molecule has 0 fully saturated rings. The molecule has 130 valence electrons. The molecule has 0 radical (unpaired) electrons. The van der Waals surface area contributed by atoms with Gasteiger partial charge in [-0.15, -0.1) is 0 Å². The number of hydrogen-bond donors (Lipinski definition) is 1. The number of nitrogens with one attached hydrogen (secondary N) is 1. The summed E-state index contributed by atoms with van der Waals surface area (Å²) in [6, 6.07) is 4.65. The zero-order valence-corrected chi connectivity index (χ0v) is 16.5. The van der Waals surface area contributed by atoms with Crippen molar-refractivity contribution in [2.24, 2.45) is 0 Å². The second-order valence-corrected chi connectivity index (χ2v) is 8.01. The number of hydrogen-bond acceptors (Lipinski definition) is 3. The van der Waals surface area contributed by atoms with E-state index in [1.807, 2.05) is 13.8 Å². The summed E-state index contributed by atoms with van der Waals surface area (Å²) in [5, 5.41) is 2.93. The monoisotopic (exact) mass is 404 g/mol. The van der Waals surface area contributed by atoms with Crippen LogP contribution in [0.1, 0.15) is 50.9 Å². The van der Waals surface area contributed by atoms with E-state index in [2.05, 4.69) is 21.2 Å². The molecule has 0 atom stereocenters. The normalized spacial score (nSPS) is 12.0. The van der Waals surface area contributed by atoms with Gasteiger partial charge in [-0.2, -0.15) is 4.31 Å². The third-order valence-electron chi connectivity index (χ3n) is 3.85. The number of benzene rings is 1. The van der Waals surface area contributed by atoms with Crippen molar-refractivity contribution in [2.45, 2.75) is 51.5 Å². The van der Waals surface area contributed by atoms with Crippen LogP contribution in [0.4, 0.5) is 0 Å². The Bertz CT molecular complexity index is 639. The molecule has 1 aromatic carbocycles. The first-order chi connectivity index (χ1) is 10.8. The van der Waals surface area contributed by atoms with Crippen molar-refractivity contribution in [3.05, 3.63) is 28.2 Å². The van der Waals surface area contributed by atoms with Gasteiger partial charge in [-0.25, -0.2) is 8.42 Å². The lowest BCUT2D eigenvalue weighted by atomic mass is 10.1. The molecule has 1 aromatic rings. The molecule has 1 amide bonds. The van der Waals surface area contributed by atoms with Crippen LogP contribution in [-0.4, -0.2) is 37.8 Å². The molecule has 0 aliphatic rings. The van der Waals surface area contributed by atoms with Crippen LogP contribution in [-0.2, 0) is 10.0 Å². The summed E-state index contributed by atoms with van der Waals surface area (Å²) in [6.45, 7) is 8.38. The van der Waals surface area contributed by atoms with Crippen LogP contribution >= 0.6 is 15.9 Å². The summed E-state index contributed by atoms with van der Waals surface area (Å²) >= 11 is 3.33. The molecule has 0 saturated heterocycles. The molecule has 0 bridgehead atoms. The molecule has 0 heterocycles. The lowest BCUT2D eigenvalue weighted by Crippen LogP contribution is -2.34. The van der Waals surface area contributed by atoms with Crippen molar-refractivity contribution in [3.63, 3.8) is 0 Å². The Morgan fingerprint density at radius 1 is 1.17 bits per heavy atom. The van der Waals surface area contributed by atoms with E-state index >= 15 is 0 Å². The fourth-order valence-electron chi connectivity index (χ4n) is 2.31. The first-order valence-electron chi connectivity index (χ1n) is 7.92. The molecule has 0 spiro atoms. The number of carbonyl (C=O) groups is 1. The van der Waals surface area contributed by atoms with Crippen molar-refractivity contribution in [1.29, 1.82) is 0 Å². The average Bonchev–Trinajstić information content (AvgIpc) is 2.53. The first-order valence-corrected chi connectivity index (χ1v) is 10.2. The summed E-state index contributed by atoms with van der Waals surface area (Å²) in [6.07, 6.45) is 1.66. The van der Waals surface area contributed by atoms with Gasteiger partial charge in [-0.1, -0.05) is 27.7 Å². The van der Waals surface area contributed by atoms with Gasteiger partial charge in [0, 0.05) is 23.6 Å². The minimum Gasteiger partial charge on any atom is -0.349 e. The molecular weight excluding hydrogens is 380 g/mol. The van der Waals surface area contributed by atoms with Gasteiger partial charge in [0.15, 0.2) is 0 Å². The van der Waals surface area contributed by atoms with Gasteiger partial charge in [0.05, 0.1) is 10.5 Å². The molecule has 0 aromatic heterocycles. The second-order valence-electron chi connectivity index (χ2n) is 5.22. The van der Waals surface area contributed by atoms with Gasteiger partial charge < -0.3 is 5.32 Å². The highest BCUT2D eigenvalue weighted by atomic mass is 79.9. The van der Waals surface area contributed by atoms with E-state index in [9.17, 15) is 13.2 Å². The lowest BCUT2D eigenvalue weighted by Gasteiger charge is -2.20. The quantitative estimate of drug-likeness (QED) is 0.721. The Morgan fingerprint density at radius 3 is 2.22 bits per heavy atom. The maximum atomic E-state index is 12.6. The van der Waals surface area contributed by atoms with Crippen molar-refractivity contribution in [2.75, 3.05) is 13.1 Å². The van der Waals surface area contributed by atoms with E-state index in [4.69, 9.17) is 0 Å². The molecule has 0 unspecified atom stereocenters. The molecule has 0 aliphatic carbocycles. The minimum atomic E-state index is -3.58. The smallest absolute Gasteiger partial charge is 0.252 e. The van der Waals surface area contributed by atoms with Gasteiger partial charge in [0.1, 0.15) is 0 Å². The number of nitrogens with zero attached hydrogens (tertiary/aromatic N) is 1. The maximum Gasteiger partial charge on any atom is 0.252 e. The summed E-state index contributed by atoms with van der Waals surface area (Å²) in [5.74, 6) is -0.262. The fraction of sp³-hybridized carbons (Fsp3) is 0.562. The Morgan fingerprint density at radius 2 is 1.74 bits per heavy atom. The third kappa shape index (κ3) is 4.78. The van der Waals surface area contributed by atoms with Crippen LogP contribution < -0.4 is 5.32 Å². The highest BCUT2D eigenvalue weighted by molar-refractivity contribution is 9.10. The SMILES string of the molecule is CCC(CC)NC(=O)c1cc(S(=O)(=O)N(CC)CC)ccc1Br. The van der Waals surface area contributed by atoms with E-state index in [-0.39, 0.29) is 16.8 Å². The summed E-state index contributed by atoms with van der Waals surface area (Å²) in [4.78, 5) is 12.6. The van der Waals surface area contributed by atoms with Crippen molar-refractivity contribution in [1.82, 2.24) is 9.62 Å². The fourth-order valence-corrected chi connectivity index (χ4v) is 4.22. The van der Waals surface area contributed by atoms with E-state index in [1.165, 1.54) is 16.4 Å². The molecule has 23 heavy (non-hydrogen) atoms. The Hall–Kier alpha value is -0.920. The van der Waals surface area contributed by atoms with Crippen LogP contribution in [0.15, 0.2) is 27.6 Å². The van der Waals surface area contributed by atoms with Crippen molar-refractivity contribution >= 4 is 31.9 Å². The standard InChI is InChI=1S/C16H25BrN2O3S/c1-5-12(6-2)18-16(20)14-11-13(9-10-15(14)17)23(21,22)19(7-3)8-4/h9-12H,5-8H2,1-4H3,(H,18,20). The summed E-state index contributed by atoms with van der Waals surface area (Å²) < 4.78 is 27.1. The van der Waals surface area contributed by atoms with Crippen LogP contribution in [0.5, 0.6) is 0 Å². The van der Waals surface area contributed by atoms with Gasteiger partial charge in [-0.05, 0) is 47.0 Å². The number of carbonyl (C=O) groups excluding carboxylic acids is 1. The Balaban J connectivity index is 3.20. The topological polar surface area (TPSA) is 66.5 Å². The van der Waals surface area contributed by atoms with Crippen molar-refractivity contribution < 1.29 is 13.2 Å². The van der Waals surface area contributed by atoms with Crippen LogP contribution in [0, 0.1) is 0 Å². The number of rotatable bonds is 8. The lowest BCUT2D eigenvalue weighted by molar-refractivity contribution is 0.0934. The van der Waals surface area contributed by atoms with Gasteiger partial charge in [0.2, 0.25) is 10.0 Å². The second kappa shape index (κ2) is 8.80.